The van der Waals surface area contributed by atoms with Gasteiger partial charge >= 0.3 is 5.97 Å². The van der Waals surface area contributed by atoms with Crippen molar-refractivity contribution >= 4 is 34.9 Å². The molecule has 10 heteroatoms. The molecule has 148 valence electrons. The van der Waals surface area contributed by atoms with E-state index in [9.17, 15) is 24.8 Å². The average molecular weight is 415 g/mol. The van der Waals surface area contributed by atoms with Gasteiger partial charge in [-0.25, -0.2) is 4.79 Å². The molecule has 1 aromatic heterocycles. The lowest BCUT2D eigenvalue weighted by molar-refractivity contribution is -0.384. The number of nitro groups is 1. The number of nitrogens with one attached hydrogen (secondary N) is 1. The Labute approximate surface area is 169 Å². The maximum absolute atomic E-state index is 12.7. The molecular formula is C19H15ClN4O5. The Kier molecular flexibility index (Phi) is 5.60. The summed E-state index contributed by atoms with van der Waals surface area (Å²) < 4.78 is 1.24. The fraction of sp³-hybridized carbons (Fsp3) is 0.105. The van der Waals surface area contributed by atoms with Gasteiger partial charge < -0.3 is 10.4 Å². The van der Waals surface area contributed by atoms with E-state index in [1.165, 1.54) is 22.9 Å². The van der Waals surface area contributed by atoms with Crippen LogP contribution in [0.3, 0.4) is 0 Å². The molecule has 2 aromatic carbocycles. The number of aromatic nitrogens is 2. The lowest BCUT2D eigenvalue weighted by Gasteiger charge is -2.08. The zero-order chi connectivity index (χ0) is 21.1. The van der Waals surface area contributed by atoms with E-state index in [-0.39, 0.29) is 34.9 Å². The first-order valence-electron chi connectivity index (χ1n) is 8.48. The molecule has 0 bridgehead atoms. The van der Waals surface area contributed by atoms with Crippen LogP contribution in [0.1, 0.15) is 27.8 Å². The number of aromatic carboxylic acids is 1. The zero-order valence-corrected chi connectivity index (χ0v) is 15.9. The number of rotatable bonds is 6. The van der Waals surface area contributed by atoms with Crippen molar-refractivity contribution in [2.75, 3.05) is 5.32 Å². The summed E-state index contributed by atoms with van der Waals surface area (Å²) in [6, 6.07) is 11.8. The predicted octanol–water partition coefficient (Wildman–Crippen LogP) is 4.08. The van der Waals surface area contributed by atoms with Gasteiger partial charge in [0.25, 0.3) is 11.6 Å². The molecule has 3 aromatic rings. The number of nitrogens with zero attached hydrogens (tertiary/aromatic N) is 3. The van der Waals surface area contributed by atoms with E-state index < -0.39 is 16.8 Å². The first-order valence-corrected chi connectivity index (χ1v) is 8.86. The summed E-state index contributed by atoms with van der Waals surface area (Å²) >= 11 is 6.24. The van der Waals surface area contributed by atoms with Crippen molar-refractivity contribution in [1.82, 2.24) is 9.78 Å². The van der Waals surface area contributed by atoms with Crippen LogP contribution in [0, 0.1) is 10.1 Å². The number of carboxylic acids is 1. The van der Waals surface area contributed by atoms with Gasteiger partial charge in [-0.3, -0.25) is 19.6 Å². The third-order valence-corrected chi connectivity index (χ3v) is 4.47. The van der Waals surface area contributed by atoms with Gasteiger partial charge in [0.2, 0.25) is 0 Å². The van der Waals surface area contributed by atoms with Crippen LogP contribution in [0.15, 0.2) is 48.5 Å². The summed E-state index contributed by atoms with van der Waals surface area (Å²) in [7, 11) is 0. The van der Waals surface area contributed by atoms with E-state index >= 15 is 0 Å². The van der Waals surface area contributed by atoms with Crippen LogP contribution >= 0.6 is 11.6 Å². The second kappa shape index (κ2) is 8.11. The Bertz CT molecular complexity index is 1130. The summed E-state index contributed by atoms with van der Waals surface area (Å²) in [5.41, 5.74) is 0.119. The predicted molar refractivity (Wildman–Crippen MR) is 106 cm³/mol. The Morgan fingerprint density at radius 2 is 1.97 bits per heavy atom. The molecule has 0 aliphatic rings. The minimum atomic E-state index is -1.29. The second-order valence-electron chi connectivity index (χ2n) is 5.93. The number of aryl methyl sites for hydroxylation is 1. The Balaban J connectivity index is 2.12. The van der Waals surface area contributed by atoms with Gasteiger partial charge in [-0.1, -0.05) is 35.9 Å². The Morgan fingerprint density at radius 1 is 1.24 bits per heavy atom. The van der Waals surface area contributed by atoms with Crippen LogP contribution in [-0.2, 0) is 6.54 Å². The summed E-state index contributed by atoms with van der Waals surface area (Å²) in [4.78, 5) is 34.9. The van der Waals surface area contributed by atoms with E-state index in [2.05, 4.69) is 10.4 Å². The second-order valence-corrected chi connectivity index (χ2v) is 6.34. The normalized spacial score (nSPS) is 10.6. The number of carbonyl (C=O) groups excluding carboxylic acids is 1. The Morgan fingerprint density at radius 3 is 2.59 bits per heavy atom. The summed E-state index contributed by atoms with van der Waals surface area (Å²) in [6.07, 6.45) is 0. The van der Waals surface area contributed by atoms with Gasteiger partial charge in [-0.15, -0.1) is 0 Å². The molecule has 0 spiro atoms. The molecule has 0 saturated heterocycles. The average Bonchev–Trinajstić information content (AvgIpc) is 3.06. The molecular weight excluding hydrogens is 400 g/mol. The van der Waals surface area contributed by atoms with Crippen molar-refractivity contribution in [2.45, 2.75) is 13.5 Å². The van der Waals surface area contributed by atoms with Gasteiger partial charge in [-0.2, -0.15) is 5.10 Å². The number of hydrogen-bond donors (Lipinski definition) is 2. The van der Waals surface area contributed by atoms with E-state index in [0.717, 1.165) is 6.07 Å². The van der Waals surface area contributed by atoms with E-state index in [1.807, 2.05) is 0 Å². The summed E-state index contributed by atoms with van der Waals surface area (Å²) in [6.45, 7) is 1.95. The van der Waals surface area contributed by atoms with Crippen LogP contribution in [0.2, 0.25) is 5.02 Å². The van der Waals surface area contributed by atoms with Gasteiger partial charge in [0.1, 0.15) is 11.4 Å². The number of amides is 1. The van der Waals surface area contributed by atoms with Crippen molar-refractivity contribution in [2.24, 2.45) is 0 Å². The third-order valence-electron chi connectivity index (χ3n) is 4.14. The fourth-order valence-corrected chi connectivity index (χ4v) is 3.04. The van der Waals surface area contributed by atoms with Crippen LogP contribution in [0.5, 0.6) is 0 Å². The maximum atomic E-state index is 12.7. The van der Waals surface area contributed by atoms with E-state index in [1.54, 1.807) is 31.2 Å². The minimum absolute atomic E-state index is 0.00453. The largest absolute Gasteiger partial charge is 0.476 e. The van der Waals surface area contributed by atoms with Crippen molar-refractivity contribution in [1.29, 1.82) is 0 Å². The van der Waals surface area contributed by atoms with Crippen molar-refractivity contribution in [3.63, 3.8) is 0 Å². The van der Waals surface area contributed by atoms with Crippen LogP contribution in [0.25, 0.3) is 11.3 Å². The molecule has 0 radical (unpaired) electrons. The van der Waals surface area contributed by atoms with E-state index in [4.69, 9.17) is 11.6 Å². The minimum Gasteiger partial charge on any atom is -0.476 e. The summed E-state index contributed by atoms with van der Waals surface area (Å²) in [5, 5.41) is 27.8. The molecule has 0 unspecified atom stereocenters. The van der Waals surface area contributed by atoms with Crippen LogP contribution in [-0.4, -0.2) is 31.7 Å². The topological polar surface area (TPSA) is 127 Å². The number of non-ortho nitro benzene ring substituents is 1. The number of hydrogen-bond acceptors (Lipinski definition) is 5. The summed E-state index contributed by atoms with van der Waals surface area (Å²) in [5.74, 6) is -1.99. The van der Waals surface area contributed by atoms with Gasteiger partial charge in [0, 0.05) is 29.8 Å². The molecule has 9 nitrogen and oxygen atoms in total. The molecule has 1 amide bonds. The van der Waals surface area contributed by atoms with Gasteiger partial charge in [0.15, 0.2) is 5.69 Å². The maximum Gasteiger partial charge on any atom is 0.356 e. The van der Waals surface area contributed by atoms with E-state index in [0.29, 0.717) is 10.6 Å². The highest BCUT2D eigenvalue weighted by Gasteiger charge is 2.26. The molecule has 2 N–H and O–H groups in total. The first-order chi connectivity index (χ1) is 13.8. The van der Waals surface area contributed by atoms with Gasteiger partial charge in [-0.05, 0) is 19.1 Å². The van der Waals surface area contributed by atoms with Crippen molar-refractivity contribution < 1.29 is 19.6 Å². The van der Waals surface area contributed by atoms with Gasteiger partial charge in [0.05, 0.1) is 9.95 Å². The number of carboxylic acid groups (broad SMARTS) is 1. The number of halogens is 1. The SMILES string of the molecule is CCn1nc(-c2ccccc2Cl)c(NC(=O)c2cccc([N+](=O)[O-])c2)c1C(=O)O. The highest BCUT2D eigenvalue weighted by Crippen LogP contribution is 2.35. The Hall–Kier alpha value is -3.72. The molecule has 1 heterocycles. The third kappa shape index (κ3) is 3.94. The molecule has 0 fully saturated rings. The monoisotopic (exact) mass is 414 g/mol. The molecule has 0 aliphatic heterocycles. The van der Waals surface area contributed by atoms with Crippen molar-refractivity contribution in [3.05, 3.63) is 74.9 Å². The quantitative estimate of drug-likeness (QED) is 0.462. The van der Waals surface area contributed by atoms with Crippen LogP contribution in [0.4, 0.5) is 11.4 Å². The number of benzene rings is 2. The van der Waals surface area contributed by atoms with Crippen molar-refractivity contribution in [3.8, 4) is 11.3 Å². The smallest absolute Gasteiger partial charge is 0.356 e. The highest BCUT2D eigenvalue weighted by molar-refractivity contribution is 6.33. The van der Waals surface area contributed by atoms with Crippen LogP contribution < -0.4 is 5.32 Å². The lowest BCUT2D eigenvalue weighted by atomic mass is 10.1. The molecule has 0 atom stereocenters. The standard InChI is InChI=1S/C19H15ClN4O5/c1-2-23-17(19(26)27)16(15(22-23)13-8-3-4-9-14(13)20)21-18(25)11-6-5-7-12(10-11)24(28)29/h3-10H,2H2,1H3,(H,21,25)(H,26,27). The zero-order valence-electron chi connectivity index (χ0n) is 15.1. The molecule has 0 saturated carbocycles. The lowest BCUT2D eigenvalue weighted by Crippen LogP contribution is -2.16. The fourth-order valence-electron chi connectivity index (χ4n) is 2.81. The molecule has 3 rings (SSSR count). The molecule has 0 aliphatic carbocycles. The first kappa shape index (κ1) is 20.0. The highest BCUT2D eigenvalue weighted by atomic mass is 35.5. The molecule has 29 heavy (non-hydrogen) atoms. The number of anilines is 1. The number of carbonyl (C=O) groups is 2. The number of nitro benzene ring substituents is 1.